The van der Waals surface area contributed by atoms with Gasteiger partial charge in [-0.25, -0.2) is 0 Å². The molecule has 0 fully saturated rings. The topological polar surface area (TPSA) is 49.4 Å². The van der Waals surface area contributed by atoms with Crippen molar-refractivity contribution in [3.8, 4) is 0 Å². The van der Waals surface area contributed by atoms with E-state index < -0.39 is 6.04 Å². The van der Waals surface area contributed by atoms with Gasteiger partial charge in [0.1, 0.15) is 6.04 Å². The van der Waals surface area contributed by atoms with Crippen LogP contribution in [0, 0.1) is 0 Å². The second-order valence-corrected chi connectivity index (χ2v) is 6.59. The molecule has 1 unspecified atom stereocenters. The van der Waals surface area contributed by atoms with E-state index in [-0.39, 0.29) is 11.8 Å². The van der Waals surface area contributed by atoms with E-state index in [0.29, 0.717) is 24.4 Å². The van der Waals surface area contributed by atoms with Crippen molar-refractivity contribution in [2.24, 2.45) is 0 Å². The summed E-state index contributed by atoms with van der Waals surface area (Å²) >= 11 is 6.29. The van der Waals surface area contributed by atoms with Gasteiger partial charge in [-0.05, 0) is 23.6 Å². The molecule has 4 nitrogen and oxygen atoms in total. The highest BCUT2D eigenvalue weighted by molar-refractivity contribution is 6.31. The highest BCUT2D eigenvalue weighted by atomic mass is 35.5. The van der Waals surface area contributed by atoms with E-state index in [9.17, 15) is 9.59 Å². The van der Waals surface area contributed by atoms with E-state index in [1.807, 2.05) is 55.5 Å². The van der Waals surface area contributed by atoms with Gasteiger partial charge in [-0.2, -0.15) is 0 Å². The molecule has 0 saturated carbocycles. The Labute approximate surface area is 160 Å². The van der Waals surface area contributed by atoms with E-state index in [4.69, 9.17) is 11.6 Å². The molecule has 0 aromatic heterocycles. The number of nitrogens with one attached hydrogen (secondary N) is 1. The number of carbonyl (C=O) groups excluding carboxylic acids is 2. The second-order valence-electron chi connectivity index (χ2n) is 6.18. The molecule has 0 aliphatic rings. The molecule has 2 aromatic rings. The van der Waals surface area contributed by atoms with Gasteiger partial charge in [-0.1, -0.05) is 67.1 Å². The summed E-state index contributed by atoms with van der Waals surface area (Å²) in [6, 6.07) is 16.6. The lowest BCUT2D eigenvalue weighted by Gasteiger charge is -2.31. The zero-order chi connectivity index (χ0) is 18.9. The van der Waals surface area contributed by atoms with Gasteiger partial charge in [0, 0.05) is 31.5 Å². The van der Waals surface area contributed by atoms with Crippen molar-refractivity contribution in [2.45, 2.75) is 38.8 Å². The van der Waals surface area contributed by atoms with Crippen LogP contribution in [0.1, 0.15) is 30.9 Å². The van der Waals surface area contributed by atoms with Crippen molar-refractivity contribution >= 4 is 23.4 Å². The summed E-state index contributed by atoms with van der Waals surface area (Å²) in [6.45, 7) is 2.26. The van der Waals surface area contributed by atoms with E-state index in [1.54, 1.807) is 18.0 Å². The molecule has 0 spiro atoms. The van der Waals surface area contributed by atoms with Crippen LogP contribution < -0.4 is 5.32 Å². The van der Waals surface area contributed by atoms with Crippen LogP contribution in [0.4, 0.5) is 0 Å². The van der Waals surface area contributed by atoms with Crippen LogP contribution >= 0.6 is 11.6 Å². The molecule has 0 radical (unpaired) electrons. The lowest BCUT2D eigenvalue weighted by molar-refractivity contribution is -0.141. The molecular weight excluding hydrogens is 348 g/mol. The van der Waals surface area contributed by atoms with Crippen molar-refractivity contribution in [3.63, 3.8) is 0 Å². The highest BCUT2D eigenvalue weighted by Crippen LogP contribution is 2.21. The molecular formula is C21H25ClN2O2. The lowest BCUT2D eigenvalue weighted by atomic mass is 10.0. The number of hydrogen-bond donors (Lipinski definition) is 1. The average Bonchev–Trinajstić information content (AvgIpc) is 2.66. The van der Waals surface area contributed by atoms with Gasteiger partial charge in [0.05, 0.1) is 0 Å². The molecule has 138 valence electrons. The molecule has 0 aliphatic heterocycles. The normalized spacial score (nSPS) is 11.7. The Hall–Kier alpha value is -2.33. The van der Waals surface area contributed by atoms with Gasteiger partial charge in [0.15, 0.2) is 0 Å². The van der Waals surface area contributed by atoms with Gasteiger partial charge in [-0.15, -0.1) is 0 Å². The summed E-state index contributed by atoms with van der Waals surface area (Å²) in [5.74, 6) is -0.220. The minimum absolute atomic E-state index is 0.0445. The molecule has 0 heterocycles. The predicted molar refractivity (Wildman–Crippen MR) is 105 cm³/mol. The first-order chi connectivity index (χ1) is 12.6. The molecule has 0 saturated heterocycles. The number of likely N-dealkylation sites (N-methyl/N-ethyl adjacent to an activating group) is 1. The molecule has 1 atom stereocenters. The monoisotopic (exact) mass is 372 g/mol. The van der Waals surface area contributed by atoms with Crippen molar-refractivity contribution in [3.05, 3.63) is 70.7 Å². The Balaban J connectivity index is 2.35. The third kappa shape index (κ3) is 5.33. The van der Waals surface area contributed by atoms with Gasteiger partial charge < -0.3 is 10.2 Å². The smallest absolute Gasteiger partial charge is 0.242 e. The lowest BCUT2D eigenvalue weighted by Crippen LogP contribution is -2.49. The van der Waals surface area contributed by atoms with E-state index in [0.717, 1.165) is 17.5 Å². The van der Waals surface area contributed by atoms with E-state index in [2.05, 4.69) is 5.32 Å². The minimum atomic E-state index is -0.585. The quantitative estimate of drug-likeness (QED) is 0.765. The molecule has 2 aromatic carbocycles. The van der Waals surface area contributed by atoms with Crippen LogP contribution in [-0.4, -0.2) is 29.8 Å². The number of rotatable bonds is 8. The summed E-state index contributed by atoms with van der Waals surface area (Å²) in [7, 11) is 1.60. The highest BCUT2D eigenvalue weighted by Gasteiger charge is 2.29. The third-order valence-corrected chi connectivity index (χ3v) is 4.65. The standard InChI is InChI=1S/C21H25ClN2O2/c1-3-9-20(25)24(15-17-12-7-8-13-18(17)22)19(21(26)23-2)14-16-10-5-4-6-11-16/h4-8,10-13,19H,3,9,14-15H2,1-2H3,(H,23,26). The fourth-order valence-corrected chi connectivity index (χ4v) is 3.08. The Morgan fingerprint density at radius 3 is 2.35 bits per heavy atom. The van der Waals surface area contributed by atoms with Crippen LogP contribution in [-0.2, 0) is 22.6 Å². The second kappa shape index (κ2) is 9.97. The van der Waals surface area contributed by atoms with Crippen molar-refractivity contribution < 1.29 is 9.59 Å². The fraction of sp³-hybridized carbons (Fsp3) is 0.333. The number of amides is 2. The largest absolute Gasteiger partial charge is 0.357 e. The predicted octanol–water partition coefficient (Wildman–Crippen LogP) is 3.83. The molecule has 0 bridgehead atoms. The molecule has 26 heavy (non-hydrogen) atoms. The van der Waals surface area contributed by atoms with Crippen molar-refractivity contribution in [2.75, 3.05) is 7.05 Å². The number of halogens is 1. The number of carbonyl (C=O) groups is 2. The van der Waals surface area contributed by atoms with Crippen molar-refractivity contribution in [1.82, 2.24) is 10.2 Å². The van der Waals surface area contributed by atoms with Gasteiger partial charge >= 0.3 is 0 Å². The third-order valence-electron chi connectivity index (χ3n) is 4.28. The Kier molecular flexibility index (Phi) is 7.67. The zero-order valence-electron chi connectivity index (χ0n) is 15.2. The SMILES string of the molecule is CCCC(=O)N(Cc1ccccc1Cl)C(Cc1ccccc1)C(=O)NC. The van der Waals surface area contributed by atoms with Gasteiger partial charge in [0.25, 0.3) is 0 Å². The molecule has 2 rings (SSSR count). The van der Waals surface area contributed by atoms with Crippen LogP contribution in [0.3, 0.4) is 0 Å². The van der Waals surface area contributed by atoms with Crippen molar-refractivity contribution in [1.29, 1.82) is 0 Å². The molecule has 5 heteroatoms. The summed E-state index contributed by atoms with van der Waals surface area (Å²) in [4.78, 5) is 27.1. The first-order valence-corrected chi connectivity index (χ1v) is 9.23. The maximum Gasteiger partial charge on any atom is 0.242 e. The number of nitrogens with zero attached hydrogens (tertiary/aromatic N) is 1. The first kappa shape index (κ1) is 20.0. The minimum Gasteiger partial charge on any atom is -0.357 e. The van der Waals surface area contributed by atoms with Gasteiger partial charge in [0.2, 0.25) is 11.8 Å². The molecule has 1 N–H and O–H groups in total. The summed E-state index contributed by atoms with van der Waals surface area (Å²) < 4.78 is 0. The maximum absolute atomic E-state index is 12.8. The molecule has 0 aliphatic carbocycles. The van der Waals surface area contributed by atoms with E-state index >= 15 is 0 Å². The van der Waals surface area contributed by atoms with E-state index in [1.165, 1.54) is 0 Å². The van der Waals surface area contributed by atoms with Crippen LogP contribution in [0.5, 0.6) is 0 Å². The summed E-state index contributed by atoms with van der Waals surface area (Å²) in [6.07, 6.45) is 1.58. The van der Waals surface area contributed by atoms with Crippen LogP contribution in [0.25, 0.3) is 0 Å². The molecule has 2 amide bonds. The van der Waals surface area contributed by atoms with Crippen LogP contribution in [0.15, 0.2) is 54.6 Å². The number of benzene rings is 2. The Morgan fingerprint density at radius 2 is 1.73 bits per heavy atom. The average molecular weight is 373 g/mol. The van der Waals surface area contributed by atoms with Crippen LogP contribution in [0.2, 0.25) is 5.02 Å². The Morgan fingerprint density at radius 1 is 1.08 bits per heavy atom. The zero-order valence-corrected chi connectivity index (χ0v) is 16.0. The number of hydrogen-bond acceptors (Lipinski definition) is 2. The summed E-state index contributed by atoms with van der Waals surface area (Å²) in [5.41, 5.74) is 1.84. The fourth-order valence-electron chi connectivity index (χ4n) is 2.89. The Bertz CT molecular complexity index is 734. The summed E-state index contributed by atoms with van der Waals surface area (Å²) in [5, 5.41) is 3.29. The maximum atomic E-state index is 12.8. The van der Waals surface area contributed by atoms with Gasteiger partial charge in [-0.3, -0.25) is 9.59 Å². The first-order valence-electron chi connectivity index (χ1n) is 8.85.